The van der Waals surface area contributed by atoms with Crippen LogP contribution in [0.5, 0.6) is 0 Å². The first-order chi connectivity index (χ1) is 14.5. The van der Waals surface area contributed by atoms with E-state index in [9.17, 15) is 0 Å². The van der Waals surface area contributed by atoms with Gasteiger partial charge in [-0.05, 0) is 10.3 Å². The monoisotopic (exact) mass is 512 g/mol. The zero-order chi connectivity index (χ0) is 23.7. The fourth-order valence-corrected chi connectivity index (χ4v) is 8.37. The third-order valence-corrected chi connectivity index (χ3v) is 8.64. The van der Waals surface area contributed by atoms with Crippen LogP contribution in [-0.2, 0) is 17.0 Å². The molecule has 0 amide bonds. The summed E-state index contributed by atoms with van der Waals surface area (Å²) in [6, 6.07) is 13.5. The van der Waals surface area contributed by atoms with E-state index in [4.69, 9.17) is 18.6 Å². The molecule has 0 nitrogen and oxygen atoms in total. The molecule has 0 aromatic heterocycles. The van der Waals surface area contributed by atoms with E-state index in [2.05, 4.69) is 104 Å². The summed E-state index contributed by atoms with van der Waals surface area (Å²) in [5, 5.41) is 5.00. The van der Waals surface area contributed by atoms with Crippen LogP contribution in [0, 0.1) is 6.08 Å². The summed E-state index contributed by atoms with van der Waals surface area (Å²) in [5.41, 5.74) is 2.91. The van der Waals surface area contributed by atoms with E-state index in [-0.39, 0.29) is 7.92 Å². The van der Waals surface area contributed by atoms with Gasteiger partial charge in [-0.3, -0.25) is 6.08 Å². The van der Waals surface area contributed by atoms with Gasteiger partial charge in [0.1, 0.15) is 0 Å². The van der Waals surface area contributed by atoms with Gasteiger partial charge in [-0.25, -0.2) is 11.1 Å². The molecule has 0 heterocycles. The minimum atomic E-state index is -0.556. The average Bonchev–Trinajstić information content (AvgIpc) is 3.24. The summed E-state index contributed by atoms with van der Waals surface area (Å²) >= 11 is -0.556. The van der Waals surface area contributed by atoms with Gasteiger partial charge in [0.05, 0.1) is 0 Å². The van der Waals surface area contributed by atoms with Crippen molar-refractivity contribution in [3.63, 3.8) is 0 Å². The molecule has 0 fully saturated rings. The quantitative estimate of drug-likeness (QED) is 0.217. The molecule has 0 unspecified atom stereocenters. The van der Waals surface area contributed by atoms with Gasteiger partial charge >= 0.3 is 35.6 Å². The van der Waals surface area contributed by atoms with E-state index in [1.54, 1.807) is 5.30 Å². The van der Waals surface area contributed by atoms with Gasteiger partial charge in [0.2, 0.25) is 0 Å². The van der Waals surface area contributed by atoms with Crippen molar-refractivity contribution in [3.05, 3.63) is 59.7 Å². The molecule has 2 aromatic carbocycles. The second-order valence-corrected chi connectivity index (χ2v) is 16.4. The molecule has 0 saturated heterocycles. The van der Waals surface area contributed by atoms with Crippen LogP contribution in [0.25, 0.3) is 10.8 Å². The number of fused-ring (bicyclic) bond motifs is 1. The molecule has 1 aliphatic rings. The maximum atomic E-state index is 4.89. The molecule has 2 aromatic rings. The predicted molar refractivity (Wildman–Crippen MR) is 142 cm³/mol. The molecular formula is C27H39Cl2PTi-2. The van der Waals surface area contributed by atoms with Gasteiger partial charge in [0, 0.05) is 0 Å². The van der Waals surface area contributed by atoms with Gasteiger partial charge < -0.3 is 0 Å². The molecule has 3 rings (SSSR count). The van der Waals surface area contributed by atoms with E-state index in [0.717, 1.165) is 6.42 Å². The van der Waals surface area contributed by atoms with E-state index in [1.807, 2.05) is 0 Å². The van der Waals surface area contributed by atoms with Crippen LogP contribution in [0.4, 0.5) is 0 Å². The van der Waals surface area contributed by atoms with E-state index < -0.39 is 17.0 Å². The first kappa shape index (κ1) is 29.1. The Morgan fingerprint density at radius 1 is 1.06 bits per heavy atom. The van der Waals surface area contributed by atoms with E-state index in [1.165, 1.54) is 41.2 Å². The van der Waals surface area contributed by atoms with Crippen molar-refractivity contribution >= 4 is 42.6 Å². The van der Waals surface area contributed by atoms with Crippen LogP contribution in [0.1, 0.15) is 81.1 Å². The molecule has 0 bridgehead atoms. The molecule has 31 heavy (non-hydrogen) atoms. The number of rotatable bonds is 4. The molecule has 0 aliphatic heterocycles. The van der Waals surface area contributed by atoms with Crippen LogP contribution in [0.3, 0.4) is 0 Å². The first-order valence-corrected chi connectivity index (χ1v) is 16.8. The fourth-order valence-electron chi connectivity index (χ4n) is 4.27. The number of hydrogen-bond donors (Lipinski definition) is 0. The SMILES string of the molecule is CC(C)(C)P(c1cc2ccccc2[cH-]1)C(C)(C)C.CCCCC1=[C-]CC=C1C.[Cl][Ti][Cl]. The summed E-state index contributed by atoms with van der Waals surface area (Å²) in [6.45, 7) is 18.7. The fraction of sp³-hybridized carbons (Fsp3) is 0.519. The molecule has 0 saturated carbocycles. The first-order valence-electron chi connectivity index (χ1n) is 11.1. The van der Waals surface area contributed by atoms with Gasteiger partial charge in [-0.1, -0.05) is 81.7 Å². The average molecular weight is 513 g/mol. The summed E-state index contributed by atoms with van der Waals surface area (Å²) < 4.78 is 0. The maximum absolute atomic E-state index is 4.89. The van der Waals surface area contributed by atoms with Gasteiger partial charge in [-0.2, -0.15) is 12.1 Å². The minimum absolute atomic E-state index is 0.185. The van der Waals surface area contributed by atoms with Crippen molar-refractivity contribution in [2.24, 2.45) is 0 Å². The van der Waals surface area contributed by atoms with Gasteiger partial charge in [0.25, 0.3) is 0 Å². The number of hydrogen-bond acceptors (Lipinski definition) is 0. The zero-order valence-electron chi connectivity index (χ0n) is 20.6. The summed E-state index contributed by atoms with van der Waals surface area (Å²) in [7, 11) is 9.59. The topological polar surface area (TPSA) is 0 Å². The number of benzene rings is 1. The Kier molecular flexibility index (Phi) is 12.8. The molecule has 0 atom stereocenters. The van der Waals surface area contributed by atoms with Gasteiger partial charge in [0.15, 0.2) is 0 Å². The second kappa shape index (κ2) is 13.7. The molecule has 0 N–H and O–H groups in total. The summed E-state index contributed by atoms with van der Waals surface area (Å²) in [6.07, 6.45) is 10.5. The van der Waals surface area contributed by atoms with Gasteiger partial charge in [-0.15, -0.1) is 53.7 Å². The van der Waals surface area contributed by atoms with E-state index >= 15 is 0 Å². The van der Waals surface area contributed by atoms with Crippen LogP contribution in [-0.4, -0.2) is 10.3 Å². The third-order valence-electron chi connectivity index (χ3n) is 5.18. The molecular weight excluding hydrogens is 474 g/mol. The van der Waals surface area contributed by atoms with Crippen LogP contribution >= 0.6 is 26.5 Å². The standard InChI is InChI=1S/C17H24P.C10H15.2ClH.Ti/c1-16(2,3)18(17(4,5)6)15-11-13-9-7-8-10-14(13)12-15;1-3-4-7-10-8-5-6-9(10)2;;;/h7-12H,1-6H3;6H,3-5,7H2,1-2H3;2*1H;/q2*-1;;;+2/p-2. The zero-order valence-corrected chi connectivity index (χ0v) is 24.5. The van der Waals surface area contributed by atoms with Crippen molar-refractivity contribution in [2.75, 3.05) is 0 Å². The molecule has 172 valence electrons. The third kappa shape index (κ3) is 9.82. The van der Waals surface area contributed by atoms with Crippen LogP contribution in [0.15, 0.2) is 53.6 Å². The Balaban J connectivity index is 0.000000311. The second-order valence-electron chi connectivity index (χ2n) is 9.94. The van der Waals surface area contributed by atoms with Crippen LogP contribution in [0.2, 0.25) is 0 Å². The number of unbranched alkanes of at least 4 members (excludes halogenated alkanes) is 1. The Labute approximate surface area is 209 Å². The Hall–Kier alpha value is 0.0343. The number of halogens is 2. The predicted octanol–water partition coefficient (Wildman–Crippen LogP) is 9.90. The molecule has 0 spiro atoms. The van der Waals surface area contributed by atoms with Crippen molar-refractivity contribution in [3.8, 4) is 0 Å². The van der Waals surface area contributed by atoms with Crippen molar-refractivity contribution in [2.45, 2.75) is 91.4 Å². The molecule has 4 heteroatoms. The van der Waals surface area contributed by atoms with Crippen molar-refractivity contribution in [1.29, 1.82) is 0 Å². The Bertz CT molecular complexity index is 803. The Morgan fingerprint density at radius 2 is 1.65 bits per heavy atom. The van der Waals surface area contributed by atoms with E-state index in [0.29, 0.717) is 10.3 Å². The van der Waals surface area contributed by atoms with Crippen molar-refractivity contribution < 1.29 is 17.0 Å². The summed E-state index contributed by atoms with van der Waals surface area (Å²) in [5.74, 6) is 0. The Morgan fingerprint density at radius 3 is 2.10 bits per heavy atom. The van der Waals surface area contributed by atoms with Crippen LogP contribution < -0.4 is 5.30 Å². The normalized spacial score (nSPS) is 13.8. The number of allylic oxidation sites excluding steroid dienone is 4. The van der Waals surface area contributed by atoms with Crippen molar-refractivity contribution in [1.82, 2.24) is 0 Å². The molecule has 1 aliphatic carbocycles. The summed E-state index contributed by atoms with van der Waals surface area (Å²) in [4.78, 5) is 0. The molecule has 0 radical (unpaired) electrons.